The van der Waals surface area contributed by atoms with Gasteiger partial charge < -0.3 is 9.84 Å². The lowest BCUT2D eigenvalue weighted by molar-refractivity contribution is 0.280. The molecule has 0 aliphatic heterocycles. The maximum atomic E-state index is 13.4. The molecule has 0 spiro atoms. The van der Waals surface area contributed by atoms with E-state index in [2.05, 4.69) is 4.98 Å². The average Bonchev–Trinajstić information content (AvgIpc) is 2.33. The Bertz CT molecular complexity index is 573. The Morgan fingerprint density at radius 2 is 2.00 bits per heavy atom. The molecule has 0 saturated heterocycles. The van der Waals surface area contributed by atoms with Crippen molar-refractivity contribution in [3.63, 3.8) is 0 Å². The molecule has 1 aromatic heterocycles. The molecule has 0 saturated carbocycles. The fourth-order valence-electron chi connectivity index (χ4n) is 1.52. The minimum atomic E-state index is -0.676. The number of aromatic nitrogens is 1. The van der Waals surface area contributed by atoms with Gasteiger partial charge in [-0.1, -0.05) is 0 Å². The molecule has 3 nitrogen and oxygen atoms in total. The fraction of sp³-hybridized carbons (Fsp3) is 0.154. The first kappa shape index (κ1) is 12.4. The van der Waals surface area contributed by atoms with Crippen LogP contribution in [0.5, 0.6) is 11.6 Å². The quantitative estimate of drug-likeness (QED) is 0.911. The molecule has 5 heteroatoms. The molecule has 94 valence electrons. The van der Waals surface area contributed by atoms with Gasteiger partial charge in [-0.3, -0.25) is 0 Å². The molecule has 0 unspecified atom stereocenters. The summed E-state index contributed by atoms with van der Waals surface area (Å²) in [5.41, 5.74) is 1.21. The van der Waals surface area contributed by atoms with Crippen LogP contribution >= 0.6 is 0 Å². The lowest BCUT2D eigenvalue weighted by Crippen LogP contribution is -1.95. The van der Waals surface area contributed by atoms with Crippen molar-refractivity contribution in [2.24, 2.45) is 0 Å². The molecule has 2 aromatic rings. The third-order valence-corrected chi connectivity index (χ3v) is 2.28. The van der Waals surface area contributed by atoms with Crippen LogP contribution < -0.4 is 4.74 Å². The van der Waals surface area contributed by atoms with E-state index in [0.717, 1.165) is 18.2 Å². The number of aliphatic hydroxyl groups is 1. The smallest absolute Gasteiger partial charge is 0.219 e. The van der Waals surface area contributed by atoms with Gasteiger partial charge in [0.05, 0.1) is 6.61 Å². The van der Waals surface area contributed by atoms with E-state index in [1.165, 1.54) is 6.07 Å². The number of halogens is 2. The molecule has 2 rings (SSSR count). The summed E-state index contributed by atoms with van der Waals surface area (Å²) in [6, 6.07) is 6.07. The highest BCUT2D eigenvalue weighted by atomic mass is 19.1. The molecular formula is C13H11F2NO2. The van der Waals surface area contributed by atoms with Crippen molar-refractivity contribution < 1.29 is 18.6 Å². The standard InChI is InChI=1S/C13H11F2NO2/c1-8-4-9(7-17)5-13(16-8)18-12-6-10(14)2-3-11(12)15/h2-6,17H,7H2,1H3. The van der Waals surface area contributed by atoms with E-state index in [1.807, 2.05) is 0 Å². The summed E-state index contributed by atoms with van der Waals surface area (Å²) >= 11 is 0. The van der Waals surface area contributed by atoms with Crippen LogP contribution in [0.4, 0.5) is 8.78 Å². The zero-order valence-electron chi connectivity index (χ0n) is 9.65. The maximum Gasteiger partial charge on any atom is 0.219 e. The van der Waals surface area contributed by atoms with Gasteiger partial charge in [-0.05, 0) is 30.7 Å². The third-order valence-electron chi connectivity index (χ3n) is 2.28. The van der Waals surface area contributed by atoms with Crippen molar-refractivity contribution in [1.82, 2.24) is 4.98 Å². The number of nitrogens with zero attached hydrogens (tertiary/aromatic N) is 1. The second kappa shape index (κ2) is 5.10. The zero-order valence-corrected chi connectivity index (χ0v) is 9.65. The Morgan fingerprint density at radius 1 is 1.22 bits per heavy atom. The number of hydrogen-bond acceptors (Lipinski definition) is 3. The number of pyridine rings is 1. The topological polar surface area (TPSA) is 42.4 Å². The predicted molar refractivity (Wildman–Crippen MR) is 61.3 cm³/mol. The van der Waals surface area contributed by atoms with E-state index in [0.29, 0.717) is 11.3 Å². The summed E-state index contributed by atoms with van der Waals surface area (Å²) in [6.45, 7) is 1.54. The molecular weight excluding hydrogens is 240 g/mol. The first-order chi connectivity index (χ1) is 8.58. The van der Waals surface area contributed by atoms with Gasteiger partial charge in [-0.15, -0.1) is 0 Å². The normalized spacial score (nSPS) is 10.4. The van der Waals surface area contributed by atoms with Crippen LogP contribution in [-0.4, -0.2) is 10.1 Å². The Kier molecular flexibility index (Phi) is 3.53. The number of rotatable bonds is 3. The van der Waals surface area contributed by atoms with Gasteiger partial charge in [0, 0.05) is 17.8 Å². The second-order valence-corrected chi connectivity index (χ2v) is 3.79. The van der Waals surface area contributed by atoms with Gasteiger partial charge in [-0.2, -0.15) is 0 Å². The van der Waals surface area contributed by atoms with Gasteiger partial charge in [-0.25, -0.2) is 13.8 Å². The summed E-state index contributed by atoms with van der Waals surface area (Å²) in [7, 11) is 0. The van der Waals surface area contributed by atoms with Gasteiger partial charge in [0.25, 0.3) is 0 Å². The van der Waals surface area contributed by atoms with Crippen molar-refractivity contribution in [3.8, 4) is 11.6 Å². The van der Waals surface area contributed by atoms with Crippen molar-refractivity contribution in [3.05, 3.63) is 53.2 Å². The first-order valence-corrected chi connectivity index (χ1v) is 5.30. The minimum absolute atomic E-state index is 0.114. The lowest BCUT2D eigenvalue weighted by atomic mass is 10.2. The minimum Gasteiger partial charge on any atom is -0.436 e. The van der Waals surface area contributed by atoms with Crippen molar-refractivity contribution in [2.75, 3.05) is 0 Å². The van der Waals surface area contributed by atoms with E-state index in [-0.39, 0.29) is 18.2 Å². The van der Waals surface area contributed by atoms with E-state index in [1.54, 1.807) is 13.0 Å². The van der Waals surface area contributed by atoms with Crippen molar-refractivity contribution in [1.29, 1.82) is 0 Å². The van der Waals surface area contributed by atoms with Crippen LogP contribution in [0.25, 0.3) is 0 Å². The van der Waals surface area contributed by atoms with Crippen LogP contribution in [-0.2, 0) is 6.61 Å². The van der Waals surface area contributed by atoms with Crippen LogP contribution in [0.3, 0.4) is 0 Å². The van der Waals surface area contributed by atoms with Crippen molar-refractivity contribution >= 4 is 0 Å². The first-order valence-electron chi connectivity index (χ1n) is 5.30. The van der Waals surface area contributed by atoms with E-state index in [4.69, 9.17) is 9.84 Å². The molecule has 18 heavy (non-hydrogen) atoms. The number of hydrogen-bond donors (Lipinski definition) is 1. The largest absolute Gasteiger partial charge is 0.436 e. The van der Waals surface area contributed by atoms with Gasteiger partial charge >= 0.3 is 0 Å². The molecule has 0 aliphatic rings. The molecule has 0 bridgehead atoms. The summed E-state index contributed by atoms with van der Waals surface area (Å²) in [5, 5.41) is 9.03. The Hall–Kier alpha value is -2.01. The predicted octanol–water partition coefficient (Wildman–Crippen LogP) is 2.95. The Balaban J connectivity index is 2.33. The monoisotopic (exact) mass is 251 g/mol. The zero-order chi connectivity index (χ0) is 13.1. The molecule has 1 aromatic carbocycles. The second-order valence-electron chi connectivity index (χ2n) is 3.79. The SMILES string of the molecule is Cc1cc(CO)cc(Oc2cc(F)ccc2F)n1. The molecule has 0 amide bonds. The molecule has 0 fully saturated rings. The van der Waals surface area contributed by atoms with E-state index < -0.39 is 11.6 Å². The molecule has 0 atom stereocenters. The summed E-state index contributed by atoms with van der Waals surface area (Å²) in [5.74, 6) is -1.40. The average molecular weight is 251 g/mol. The van der Waals surface area contributed by atoms with Crippen molar-refractivity contribution in [2.45, 2.75) is 13.5 Å². The van der Waals surface area contributed by atoms with Crippen LogP contribution in [0.1, 0.15) is 11.3 Å². The molecule has 0 radical (unpaired) electrons. The fourth-order valence-corrected chi connectivity index (χ4v) is 1.52. The number of ether oxygens (including phenoxy) is 1. The summed E-state index contributed by atoms with van der Waals surface area (Å²) in [4.78, 5) is 4.03. The highest BCUT2D eigenvalue weighted by Crippen LogP contribution is 2.24. The van der Waals surface area contributed by atoms with Crippen LogP contribution in [0.2, 0.25) is 0 Å². The number of aryl methyl sites for hydroxylation is 1. The molecule has 1 heterocycles. The summed E-state index contributed by atoms with van der Waals surface area (Å²) in [6.07, 6.45) is 0. The number of benzene rings is 1. The summed E-state index contributed by atoms with van der Waals surface area (Å²) < 4.78 is 31.5. The highest BCUT2D eigenvalue weighted by Gasteiger charge is 2.08. The third kappa shape index (κ3) is 2.81. The Labute approximate surface area is 103 Å². The molecule has 1 N–H and O–H groups in total. The highest BCUT2D eigenvalue weighted by molar-refractivity contribution is 5.31. The lowest BCUT2D eigenvalue weighted by Gasteiger charge is -2.08. The van der Waals surface area contributed by atoms with Crippen LogP contribution in [0, 0.1) is 18.6 Å². The van der Waals surface area contributed by atoms with Gasteiger partial charge in [0.2, 0.25) is 5.88 Å². The van der Waals surface area contributed by atoms with E-state index in [9.17, 15) is 8.78 Å². The number of aliphatic hydroxyl groups excluding tert-OH is 1. The molecule has 0 aliphatic carbocycles. The van der Waals surface area contributed by atoms with Gasteiger partial charge in [0.15, 0.2) is 11.6 Å². The maximum absolute atomic E-state index is 13.4. The van der Waals surface area contributed by atoms with Gasteiger partial charge in [0.1, 0.15) is 5.82 Å². The Morgan fingerprint density at radius 3 is 2.72 bits per heavy atom. The van der Waals surface area contributed by atoms with Crippen LogP contribution in [0.15, 0.2) is 30.3 Å². The van der Waals surface area contributed by atoms with E-state index >= 15 is 0 Å².